The Bertz CT molecular complexity index is 638. The molecular formula is C12H11BrN2O3S2. The van der Waals surface area contributed by atoms with Gasteiger partial charge in [0, 0.05) is 15.2 Å². The highest BCUT2D eigenvalue weighted by atomic mass is 79.9. The number of aliphatic carboxylic acids is 1. The fourth-order valence-corrected chi connectivity index (χ4v) is 3.79. The highest BCUT2D eigenvalue weighted by Crippen LogP contribution is 2.31. The van der Waals surface area contributed by atoms with E-state index in [-0.39, 0.29) is 5.69 Å². The van der Waals surface area contributed by atoms with E-state index in [0.29, 0.717) is 6.42 Å². The smallest absolute Gasteiger partial charge is 0.326 e. The third kappa shape index (κ3) is 3.44. The van der Waals surface area contributed by atoms with Gasteiger partial charge in [0.2, 0.25) is 0 Å². The number of carbonyl (C=O) groups excluding carboxylic acids is 1. The Morgan fingerprint density at radius 2 is 2.20 bits per heavy atom. The Balaban J connectivity index is 2.12. The molecule has 20 heavy (non-hydrogen) atoms. The van der Waals surface area contributed by atoms with Crippen LogP contribution in [0.3, 0.4) is 0 Å². The van der Waals surface area contributed by atoms with Gasteiger partial charge in [-0.3, -0.25) is 4.79 Å². The predicted molar refractivity (Wildman–Crippen MR) is 82.3 cm³/mol. The first kappa shape index (κ1) is 15.1. The number of rotatable bonds is 5. The zero-order valence-corrected chi connectivity index (χ0v) is 13.6. The number of halogens is 1. The van der Waals surface area contributed by atoms with Crippen LogP contribution in [-0.2, 0) is 4.79 Å². The molecule has 2 N–H and O–H groups in total. The SMILES string of the molecule is CCC(NC(=O)c1csc(-c2cc(Br)cs2)n1)C(=O)O. The van der Waals surface area contributed by atoms with Crippen LogP contribution in [0.1, 0.15) is 23.8 Å². The fraction of sp³-hybridized carbons (Fsp3) is 0.250. The number of nitrogens with one attached hydrogen (secondary N) is 1. The van der Waals surface area contributed by atoms with Crippen LogP contribution in [0.2, 0.25) is 0 Å². The van der Waals surface area contributed by atoms with Gasteiger partial charge < -0.3 is 10.4 Å². The lowest BCUT2D eigenvalue weighted by Crippen LogP contribution is -2.40. The summed E-state index contributed by atoms with van der Waals surface area (Å²) in [5, 5.41) is 15.7. The van der Waals surface area contributed by atoms with Crippen molar-refractivity contribution in [2.45, 2.75) is 19.4 Å². The third-order valence-electron chi connectivity index (χ3n) is 2.53. The van der Waals surface area contributed by atoms with Gasteiger partial charge in [-0.15, -0.1) is 22.7 Å². The highest BCUT2D eigenvalue weighted by Gasteiger charge is 2.20. The lowest BCUT2D eigenvalue weighted by atomic mass is 10.2. The van der Waals surface area contributed by atoms with Crippen LogP contribution < -0.4 is 5.32 Å². The van der Waals surface area contributed by atoms with Gasteiger partial charge in [0.1, 0.15) is 16.7 Å². The third-order valence-corrected chi connectivity index (χ3v) is 5.23. The summed E-state index contributed by atoms with van der Waals surface area (Å²) >= 11 is 6.25. The van der Waals surface area contributed by atoms with Crippen molar-refractivity contribution >= 4 is 50.5 Å². The van der Waals surface area contributed by atoms with Crippen LogP contribution in [-0.4, -0.2) is 28.0 Å². The number of carboxylic acid groups (broad SMARTS) is 1. The van der Waals surface area contributed by atoms with Crippen molar-refractivity contribution in [2.24, 2.45) is 0 Å². The van der Waals surface area contributed by atoms with Gasteiger partial charge in [-0.2, -0.15) is 0 Å². The van der Waals surface area contributed by atoms with E-state index in [1.165, 1.54) is 22.7 Å². The first-order valence-corrected chi connectivity index (χ1v) is 8.30. The first-order valence-electron chi connectivity index (χ1n) is 5.75. The maximum absolute atomic E-state index is 11.9. The molecule has 106 valence electrons. The first-order chi connectivity index (χ1) is 9.51. The summed E-state index contributed by atoms with van der Waals surface area (Å²) in [6, 6.07) is 1.04. The maximum Gasteiger partial charge on any atom is 0.326 e. The summed E-state index contributed by atoms with van der Waals surface area (Å²) in [4.78, 5) is 28.0. The molecule has 8 heteroatoms. The Morgan fingerprint density at radius 3 is 2.75 bits per heavy atom. The quantitative estimate of drug-likeness (QED) is 0.841. The van der Waals surface area contributed by atoms with Crippen LogP contribution in [0.15, 0.2) is 21.3 Å². The molecule has 2 rings (SSSR count). The molecular weight excluding hydrogens is 364 g/mol. The van der Waals surface area contributed by atoms with E-state index in [1.54, 1.807) is 12.3 Å². The van der Waals surface area contributed by atoms with Gasteiger partial charge in [0.15, 0.2) is 0 Å². The number of thiazole rings is 1. The molecule has 0 aliphatic carbocycles. The summed E-state index contributed by atoms with van der Waals surface area (Å²) in [7, 11) is 0. The number of thiophene rings is 1. The van der Waals surface area contributed by atoms with Gasteiger partial charge in [0.25, 0.3) is 5.91 Å². The molecule has 0 radical (unpaired) electrons. The largest absolute Gasteiger partial charge is 0.480 e. The minimum absolute atomic E-state index is 0.245. The Labute approximate surface area is 131 Å². The summed E-state index contributed by atoms with van der Waals surface area (Å²) in [6.45, 7) is 1.70. The molecule has 0 saturated carbocycles. The molecule has 1 atom stereocenters. The zero-order valence-electron chi connectivity index (χ0n) is 10.4. The van der Waals surface area contributed by atoms with Crippen LogP contribution in [0.4, 0.5) is 0 Å². The molecule has 2 heterocycles. The van der Waals surface area contributed by atoms with Crippen molar-refractivity contribution < 1.29 is 14.7 Å². The molecule has 0 aromatic carbocycles. The summed E-state index contributed by atoms with van der Waals surface area (Å²) in [5.74, 6) is -1.50. The lowest BCUT2D eigenvalue weighted by Gasteiger charge is -2.10. The number of carbonyl (C=O) groups is 2. The average Bonchev–Trinajstić information content (AvgIpc) is 3.03. The van der Waals surface area contributed by atoms with E-state index in [2.05, 4.69) is 26.2 Å². The molecule has 1 amide bonds. The van der Waals surface area contributed by atoms with Crippen molar-refractivity contribution in [3.63, 3.8) is 0 Å². The molecule has 0 bridgehead atoms. The minimum atomic E-state index is -1.04. The lowest BCUT2D eigenvalue weighted by molar-refractivity contribution is -0.139. The molecule has 0 saturated heterocycles. The maximum atomic E-state index is 11.9. The number of hydrogen-bond donors (Lipinski definition) is 2. The monoisotopic (exact) mass is 374 g/mol. The summed E-state index contributed by atoms with van der Waals surface area (Å²) < 4.78 is 0.968. The van der Waals surface area contributed by atoms with Crippen LogP contribution in [0.25, 0.3) is 9.88 Å². The van der Waals surface area contributed by atoms with Crippen LogP contribution in [0.5, 0.6) is 0 Å². The van der Waals surface area contributed by atoms with Crippen molar-refractivity contribution in [3.8, 4) is 9.88 Å². The topological polar surface area (TPSA) is 79.3 Å². The van der Waals surface area contributed by atoms with Gasteiger partial charge in [-0.05, 0) is 28.4 Å². The van der Waals surface area contributed by atoms with E-state index >= 15 is 0 Å². The van der Waals surface area contributed by atoms with E-state index in [1.807, 2.05) is 11.4 Å². The van der Waals surface area contributed by atoms with Gasteiger partial charge >= 0.3 is 5.97 Å². The zero-order chi connectivity index (χ0) is 14.7. The van der Waals surface area contributed by atoms with E-state index in [9.17, 15) is 9.59 Å². The predicted octanol–water partition coefficient (Wildman–Crippen LogP) is 3.23. The second kappa shape index (κ2) is 6.47. The molecule has 1 unspecified atom stereocenters. The Kier molecular flexibility index (Phi) is 4.90. The van der Waals surface area contributed by atoms with Crippen molar-refractivity contribution in [2.75, 3.05) is 0 Å². The average molecular weight is 375 g/mol. The van der Waals surface area contributed by atoms with Crippen molar-refractivity contribution in [3.05, 3.63) is 27.0 Å². The van der Waals surface area contributed by atoms with E-state index in [4.69, 9.17) is 5.11 Å². The summed E-state index contributed by atoms with van der Waals surface area (Å²) in [5.41, 5.74) is 0.245. The minimum Gasteiger partial charge on any atom is -0.480 e. The number of amides is 1. The number of carboxylic acids is 1. The van der Waals surface area contributed by atoms with Gasteiger partial charge in [-0.1, -0.05) is 6.92 Å². The number of aromatic nitrogens is 1. The van der Waals surface area contributed by atoms with Gasteiger partial charge in [0.05, 0.1) is 4.88 Å². The normalized spacial score (nSPS) is 12.1. The molecule has 2 aromatic heterocycles. The Hall–Kier alpha value is -1.25. The van der Waals surface area contributed by atoms with E-state index in [0.717, 1.165) is 14.4 Å². The Morgan fingerprint density at radius 1 is 1.45 bits per heavy atom. The van der Waals surface area contributed by atoms with Gasteiger partial charge in [-0.25, -0.2) is 9.78 Å². The number of hydrogen-bond acceptors (Lipinski definition) is 5. The molecule has 5 nitrogen and oxygen atoms in total. The van der Waals surface area contributed by atoms with Crippen molar-refractivity contribution in [1.29, 1.82) is 0 Å². The molecule has 0 aliphatic rings. The van der Waals surface area contributed by atoms with Crippen LogP contribution >= 0.6 is 38.6 Å². The molecule has 0 fully saturated rings. The molecule has 2 aromatic rings. The standard InChI is InChI=1S/C12H11BrN2O3S2/c1-2-7(12(17)18)14-10(16)8-5-20-11(15-8)9-3-6(13)4-19-9/h3-5,7H,2H2,1H3,(H,14,16)(H,17,18). The fourth-order valence-electron chi connectivity index (χ4n) is 1.49. The number of nitrogens with zero attached hydrogens (tertiary/aromatic N) is 1. The van der Waals surface area contributed by atoms with E-state index < -0.39 is 17.9 Å². The van der Waals surface area contributed by atoms with Crippen LogP contribution in [0, 0.1) is 0 Å². The molecule has 0 spiro atoms. The highest BCUT2D eigenvalue weighted by molar-refractivity contribution is 9.10. The second-order valence-corrected chi connectivity index (χ2v) is 6.62. The molecule has 0 aliphatic heterocycles. The second-order valence-electron chi connectivity index (χ2n) is 3.94. The van der Waals surface area contributed by atoms with Crippen molar-refractivity contribution in [1.82, 2.24) is 10.3 Å². The summed E-state index contributed by atoms with van der Waals surface area (Å²) in [6.07, 6.45) is 0.329.